The van der Waals surface area contributed by atoms with Gasteiger partial charge in [0.2, 0.25) is 0 Å². The van der Waals surface area contributed by atoms with Crippen molar-refractivity contribution >= 4 is 34.8 Å². The van der Waals surface area contributed by atoms with Crippen molar-refractivity contribution in [3.05, 3.63) is 69.9 Å². The molecular formula is C17H12Cl2N2O2. The lowest BCUT2D eigenvalue weighted by Crippen LogP contribution is -2.13. The number of para-hydroxylation sites is 1. The Labute approximate surface area is 143 Å². The second kappa shape index (κ2) is 6.44. The van der Waals surface area contributed by atoms with Gasteiger partial charge in [-0.25, -0.2) is 0 Å². The highest BCUT2D eigenvalue weighted by atomic mass is 35.5. The number of anilines is 1. The SMILES string of the molecule is Cc1onc(-c2ccccc2Cl)c1C(=O)Nc1ccccc1Cl. The van der Waals surface area contributed by atoms with Crippen molar-refractivity contribution in [1.82, 2.24) is 5.16 Å². The molecule has 0 unspecified atom stereocenters. The van der Waals surface area contributed by atoms with Crippen molar-refractivity contribution in [2.75, 3.05) is 5.32 Å². The van der Waals surface area contributed by atoms with Gasteiger partial charge in [0.25, 0.3) is 5.91 Å². The molecule has 0 aliphatic heterocycles. The minimum atomic E-state index is -0.355. The Bertz CT molecular complexity index is 875. The molecule has 0 fully saturated rings. The molecule has 6 heteroatoms. The summed E-state index contributed by atoms with van der Waals surface area (Å²) in [5.74, 6) is 0.0521. The van der Waals surface area contributed by atoms with E-state index >= 15 is 0 Å². The molecule has 2 aromatic carbocycles. The summed E-state index contributed by atoms with van der Waals surface area (Å²) in [7, 11) is 0. The van der Waals surface area contributed by atoms with E-state index in [0.29, 0.717) is 38.3 Å². The van der Waals surface area contributed by atoms with Crippen LogP contribution in [0.25, 0.3) is 11.3 Å². The number of aryl methyl sites for hydroxylation is 1. The molecule has 3 rings (SSSR count). The van der Waals surface area contributed by atoms with E-state index in [2.05, 4.69) is 10.5 Å². The summed E-state index contributed by atoms with van der Waals surface area (Å²) in [6, 6.07) is 14.1. The number of nitrogens with one attached hydrogen (secondary N) is 1. The zero-order valence-electron chi connectivity index (χ0n) is 12.1. The summed E-state index contributed by atoms with van der Waals surface area (Å²) >= 11 is 12.3. The lowest BCUT2D eigenvalue weighted by Gasteiger charge is -2.08. The van der Waals surface area contributed by atoms with Crippen LogP contribution in [0.1, 0.15) is 16.1 Å². The average Bonchev–Trinajstić information content (AvgIpc) is 2.91. The molecular weight excluding hydrogens is 335 g/mol. The summed E-state index contributed by atoms with van der Waals surface area (Å²) in [5, 5.41) is 7.69. The number of nitrogens with zero attached hydrogens (tertiary/aromatic N) is 1. The van der Waals surface area contributed by atoms with E-state index in [-0.39, 0.29) is 5.91 Å². The molecule has 0 spiro atoms. The topological polar surface area (TPSA) is 55.1 Å². The van der Waals surface area contributed by atoms with Gasteiger partial charge in [-0.1, -0.05) is 58.7 Å². The molecule has 0 bridgehead atoms. The Morgan fingerprint density at radius 2 is 1.70 bits per heavy atom. The van der Waals surface area contributed by atoms with E-state index in [1.54, 1.807) is 43.3 Å². The maximum Gasteiger partial charge on any atom is 0.261 e. The fraction of sp³-hybridized carbons (Fsp3) is 0.0588. The monoisotopic (exact) mass is 346 g/mol. The second-order valence-corrected chi connectivity index (χ2v) is 5.69. The average molecular weight is 347 g/mol. The minimum Gasteiger partial charge on any atom is -0.360 e. The van der Waals surface area contributed by atoms with E-state index in [1.807, 2.05) is 12.1 Å². The Kier molecular flexibility index (Phi) is 4.37. The van der Waals surface area contributed by atoms with Crippen molar-refractivity contribution in [3.63, 3.8) is 0 Å². The molecule has 116 valence electrons. The summed E-state index contributed by atoms with van der Waals surface area (Å²) in [6.07, 6.45) is 0. The lowest BCUT2D eigenvalue weighted by molar-refractivity contribution is 0.102. The molecule has 1 heterocycles. The van der Waals surface area contributed by atoms with Crippen molar-refractivity contribution < 1.29 is 9.32 Å². The van der Waals surface area contributed by atoms with Crippen LogP contribution in [0.4, 0.5) is 5.69 Å². The van der Waals surface area contributed by atoms with Gasteiger partial charge in [0, 0.05) is 5.56 Å². The highest BCUT2D eigenvalue weighted by Gasteiger charge is 2.23. The number of carbonyl (C=O) groups excluding carboxylic acids is 1. The largest absolute Gasteiger partial charge is 0.360 e. The first-order valence-electron chi connectivity index (χ1n) is 6.85. The van der Waals surface area contributed by atoms with Crippen LogP contribution in [-0.2, 0) is 0 Å². The number of aromatic nitrogens is 1. The van der Waals surface area contributed by atoms with Crippen molar-refractivity contribution in [2.45, 2.75) is 6.92 Å². The van der Waals surface area contributed by atoms with Crippen LogP contribution in [0.5, 0.6) is 0 Å². The predicted octanol–water partition coefficient (Wildman–Crippen LogP) is 5.21. The van der Waals surface area contributed by atoms with Crippen LogP contribution in [0.2, 0.25) is 10.0 Å². The molecule has 0 aliphatic carbocycles. The normalized spacial score (nSPS) is 10.6. The number of rotatable bonds is 3. The van der Waals surface area contributed by atoms with E-state index in [1.165, 1.54) is 0 Å². The summed E-state index contributed by atoms with van der Waals surface area (Å²) in [5.41, 5.74) is 1.89. The molecule has 23 heavy (non-hydrogen) atoms. The van der Waals surface area contributed by atoms with Crippen molar-refractivity contribution in [3.8, 4) is 11.3 Å². The van der Waals surface area contributed by atoms with Gasteiger partial charge >= 0.3 is 0 Å². The second-order valence-electron chi connectivity index (χ2n) is 4.88. The Balaban J connectivity index is 2.01. The van der Waals surface area contributed by atoms with Crippen LogP contribution in [0.15, 0.2) is 53.1 Å². The Morgan fingerprint density at radius 3 is 2.39 bits per heavy atom. The first-order valence-corrected chi connectivity index (χ1v) is 7.60. The maximum atomic E-state index is 12.6. The van der Waals surface area contributed by atoms with Gasteiger partial charge in [-0.3, -0.25) is 4.79 Å². The molecule has 1 N–H and O–H groups in total. The van der Waals surface area contributed by atoms with Gasteiger partial charge in [-0.05, 0) is 25.1 Å². The first-order chi connectivity index (χ1) is 11.1. The quantitative estimate of drug-likeness (QED) is 0.708. The van der Waals surface area contributed by atoms with E-state index in [4.69, 9.17) is 27.7 Å². The number of amides is 1. The summed E-state index contributed by atoms with van der Waals surface area (Å²) < 4.78 is 5.19. The maximum absolute atomic E-state index is 12.6. The number of hydrogen-bond acceptors (Lipinski definition) is 3. The van der Waals surface area contributed by atoms with Gasteiger partial charge < -0.3 is 9.84 Å². The predicted molar refractivity (Wildman–Crippen MR) is 91.1 cm³/mol. The number of hydrogen-bond donors (Lipinski definition) is 1. The smallest absolute Gasteiger partial charge is 0.261 e. The van der Waals surface area contributed by atoms with E-state index < -0.39 is 0 Å². The van der Waals surface area contributed by atoms with E-state index in [9.17, 15) is 4.79 Å². The number of benzene rings is 2. The molecule has 0 atom stereocenters. The fourth-order valence-corrected chi connectivity index (χ4v) is 2.63. The zero-order valence-corrected chi connectivity index (χ0v) is 13.7. The Morgan fingerprint density at radius 1 is 1.04 bits per heavy atom. The van der Waals surface area contributed by atoms with Crippen molar-refractivity contribution in [1.29, 1.82) is 0 Å². The summed E-state index contributed by atoms with van der Waals surface area (Å²) in [4.78, 5) is 12.6. The molecule has 3 aromatic rings. The third-order valence-electron chi connectivity index (χ3n) is 3.34. The molecule has 0 aliphatic rings. The highest BCUT2D eigenvalue weighted by Crippen LogP contribution is 2.32. The third kappa shape index (κ3) is 3.09. The molecule has 0 saturated heterocycles. The molecule has 0 saturated carbocycles. The number of halogens is 2. The van der Waals surface area contributed by atoms with Gasteiger partial charge in [0.15, 0.2) is 0 Å². The van der Waals surface area contributed by atoms with Gasteiger partial charge in [0.1, 0.15) is 17.0 Å². The van der Waals surface area contributed by atoms with Gasteiger partial charge in [-0.15, -0.1) is 0 Å². The minimum absolute atomic E-state index is 0.331. The number of carbonyl (C=O) groups is 1. The van der Waals surface area contributed by atoms with Crippen LogP contribution in [0.3, 0.4) is 0 Å². The van der Waals surface area contributed by atoms with Crippen LogP contribution in [0, 0.1) is 6.92 Å². The highest BCUT2D eigenvalue weighted by molar-refractivity contribution is 6.34. The Hall–Kier alpha value is -2.30. The van der Waals surface area contributed by atoms with Crippen LogP contribution >= 0.6 is 23.2 Å². The standard InChI is InChI=1S/C17H12Cl2N2O2/c1-10-15(17(22)20-14-9-5-4-8-13(14)19)16(21-23-10)11-6-2-3-7-12(11)18/h2-9H,1H3,(H,20,22). The first kappa shape index (κ1) is 15.6. The van der Waals surface area contributed by atoms with Crippen molar-refractivity contribution in [2.24, 2.45) is 0 Å². The molecule has 1 amide bonds. The molecule has 0 radical (unpaired) electrons. The van der Waals surface area contributed by atoms with E-state index in [0.717, 1.165) is 0 Å². The zero-order chi connectivity index (χ0) is 16.4. The molecule has 4 nitrogen and oxygen atoms in total. The van der Waals surface area contributed by atoms with Crippen LogP contribution < -0.4 is 5.32 Å². The summed E-state index contributed by atoms with van der Waals surface area (Å²) in [6.45, 7) is 1.68. The van der Waals surface area contributed by atoms with Gasteiger partial charge in [0.05, 0.1) is 15.7 Å². The third-order valence-corrected chi connectivity index (χ3v) is 4.00. The van der Waals surface area contributed by atoms with Gasteiger partial charge in [-0.2, -0.15) is 0 Å². The van der Waals surface area contributed by atoms with Crippen LogP contribution in [-0.4, -0.2) is 11.1 Å². The lowest BCUT2D eigenvalue weighted by atomic mass is 10.1. The molecule has 1 aromatic heterocycles. The fourth-order valence-electron chi connectivity index (χ4n) is 2.22.